The van der Waals surface area contributed by atoms with Crippen molar-refractivity contribution in [3.05, 3.63) is 12.3 Å². The van der Waals surface area contributed by atoms with E-state index in [1.807, 2.05) is 24.0 Å². The van der Waals surface area contributed by atoms with E-state index in [0.717, 1.165) is 24.8 Å². The summed E-state index contributed by atoms with van der Waals surface area (Å²) in [7, 11) is 1.94. The van der Waals surface area contributed by atoms with Crippen molar-refractivity contribution in [3.63, 3.8) is 0 Å². The minimum atomic E-state index is 0.661. The van der Waals surface area contributed by atoms with E-state index in [2.05, 4.69) is 22.7 Å². The number of anilines is 1. The van der Waals surface area contributed by atoms with Gasteiger partial charge in [0.15, 0.2) is 0 Å². The molecule has 2 unspecified atom stereocenters. The standard InChI is InChI=1S/C11H20N4/c1-9-7-10(3-5-12-9)8-13-11-4-6-15(2)14-11/h4,6,9-10,12H,3,5,7-8H2,1-2H3,(H,13,14). The molecule has 0 aliphatic carbocycles. The van der Waals surface area contributed by atoms with Gasteiger partial charge in [-0.25, -0.2) is 0 Å². The number of nitrogens with one attached hydrogen (secondary N) is 2. The summed E-state index contributed by atoms with van der Waals surface area (Å²) in [5.74, 6) is 1.77. The van der Waals surface area contributed by atoms with Crippen LogP contribution in [0.25, 0.3) is 0 Å². The Hall–Kier alpha value is -1.03. The number of aryl methyl sites for hydroxylation is 1. The highest BCUT2D eigenvalue weighted by atomic mass is 15.3. The van der Waals surface area contributed by atoms with E-state index in [4.69, 9.17) is 0 Å². The summed E-state index contributed by atoms with van der Waals surface area (Å²) < 4.78 is 1.83. The molecule has 1 aliphatic rings. The van der Waals surface area contributed by atoms with Gasteiger partial charge in [-0.05, 0) is 32.2 Å². The second kappa shape index (κ2) is 4.66. The summed E-state index contributed by atoms with van der Waals surface area (Å²) >= 11 is 0. The fourth-order valence-electron chi connectivity index (χ4n) is 2.18. The molecule has 0 aromatic carbocycles. The maximum absolute atomic E-state index is 4.30. The van der Waals surface area contributed by atoms with Crippen LogP contribution in [0.5, 0.6) is 0 Å². The van der Waals surface area contributed by atoms with Crippen LogP contribution >= 0.6 is 0 Å². The van der Waals surface area contributed by atoms with Crippen molar-refractivity contribution in [2.45, 2.75) is 25.8 Å². The lowest BCUT2D eigenvalue weighted by Gasteiger charge is -2.28. The topological polar surface area (TPSA) is 41.9 Å². The van der Waals surface area contributed by atoms with Gasteiger partial charge in [0.1, 0.15) is 5.82 Å². The molecule has 2 rings (SSSR count). The Morgan fingerprint density at radius 1 is 1.67 bits per heavy atom. The summed E-state index contributed by atoms with van der Waals surface area (Å²) in [6.45, 7) is 4.45. The first-order chi connectivity index (χ1) is 7.24. The fraction of sp³-hybridized carbons (Fsp3) is 0.727. The van der Waals surface area contributed by atoms with Gasteiger partial charge in [0.25, 0.3) is 0 Å². The van der Waals surface area contributed by atoms with Crippen LogP contribution in [0.1, 0.15) is 19.8 Å². The van der Waals surface area contributed by atoms with Crippen molar-refractivity contribution < 1.29 is 0 Å². The molecule has 0 bridgehead atoms. The Labute approximate surface area is 91.1 Å². The summed E-state index contributed by atoms with van der Waals surface area (Å²) in [6.07, 6.45) is 4.50. The van der Waals surface area contributed by atoms with Gasteiger partial charge in [-0.3, -0.25) is 4.68 Å². The van der Waals surface area contributed by atoms with Crippen molar-refractivity contribution in [3.8, 4) is 0 Å². The first kappa shape index (κ1) is 10.5. The van der Waals surface area contributed by atoms with Gasteiger partial charge in [0.05, 0.1) is 0 Å². The van der Waals surface area contributed by atoms with E-state index < -0.39 is 0 Å². The van der Waals surface area contributed by atoms with Crippen LogP contribution < -0.4 is 10.6 Å². The van der Waals surface area contributed by atoms with Crippen LogP contribution in [0.3, 0.4) is 0 Å². The van der Waals surface area contributed by atoms with E-state index in [1.54, 1.807) is 0 Å². The number of nitrogens with zero attached hydrogens (tertiary/aromatic N) is 2. The van der Waals surface area contributed by atoms with E-state index in [0.29, 0.717) is 6.04 Å². The lowest BCUT2D eigenvalue weighted by molar-refractivity contribution is 0.327. The average Bonchev–Trinajstić information content (AvgIpc) is 2.62. The van der Waals surface area contributed by atoms with Gasteiger partial charge < -0.3 is 10.6 Å². The fourth-order valence-corrected chi connectivity index (χ4v) is 2.18. The molecule has 84 valence electrons. The summed E-state index contributed by atoms with van der Waals surface area (Å²) in [6, 6.07) is 2.68. The molecular formula is C11H20N4. The van der Waals surface area contributed by atoms with Crippen LogP contribution in [-0.2, 0) is 7.05 Å². The third-order valence-corrected chi connectivity index (χ3v) is 3.02. The quantitative estimate of drug-likeness (QED) is 0.785. The van der Waals surface area contributed by atoms with Gasteiger partial charge in [0, 0.05) is 31.9 Å². The van der Waals surface area contributed by atoms with E-state index >= 15 is 0 Å². The monoisotopic (exact) mass is 208 g/mol. The predicted octanol–water partition coefficient (Wildman–Crippen LogP) is 1.22. The van der Waals surface area contributed by atoms with Gasteiger partial charge in [-0.2, -0.15) is 5.10 Å². The molecule has 2 atom stereocenters. The zero-order chi connectivity index (χ0) is 10.7. The van der Waals surface area contributed by atoms with Gasteiger partial charge in [0.2, 0.25) is 0 Å². The highest BCUT2D eigenvalue weighted by Gasteiger charge is 2.17. The Morgan fingerprint density at radius 3 is 3.20 bits per heavy atom. The largest absolute Gasteiger partial charge is 0.368 e. The normalized spacial score (nSPS) is 26.5. The molecule has 0 radical (unpaired) electrons. The Kier molecular flexibility index (Phi) is 3.26. The molecule has 1 saturated heterocycles. The van der Waals surface area contributed by atoms with E-state index in [1.165, 1.54) is 12.8 Å². The Morgan fingerprint density at radius 2 is 2.53 bits per heavy atom. The molecule has 1 aromatic heterocycles. The lowest BCUT2D eigenvalue weighted by Crippen LogP contribution is -2.37. The molecule has 4 heteroatoms. The highest BCUT2D eigenvalue weighted by Crippen LogP contribution is 2.16. The molecule has 4 nitrogen and oxygen atoms in total. The van der Waals surface area contributed by atoms with Crippen LogP contribution in [0, 0.1) is 5.92 Å². The summed E-state index contributed by atoms with van der Waals surface area (Å²) in [5, 5.41) is 11.2. The third-order valence-electron chi connectivity index (χ3n) is 3.02. The Bertz CT molecular complexity index is 307. The minimum Gasteiger partial charge on any atom is -0.368 e. The Balaban J connectivity index is 1.77. The average molecular weight is 208 g/mol. The number of piperidine rings is 1. The molecule has 1 aromatic rings. The molecule has 0 spiro atoms. The molecule has 0 saturated carbocycles. The van der Waals surface area contributed by atoms with E-state index in [9.17, 15) is 0 Å². The zero-order valence-electron chi connectivity index (χ0n) is 9.53. The molecule has 1 aliphatic heterocycles. The molecule has 0 amide bonds. The predicted molar refractivity (Wildman–Crippen MR) is 61.9 cm³/mol. The van der Waals surface area contributed by atoms with Gasteiger partial charge >= 0.3 is 0 Å². The first-order valence-electron chi connectivity index (χ1n) is 5.71. The maximum atomic E-state index is 4.30. The van der Waals surface area contributed by atoms with Crippen LogP contribution in [-0.4, -0.2) is 28.9 Å². The molecule has 15 heavy (non-hydrogen) atoms. The van der Waals surface area contributed by atoms with Crippen molar-refractivity contribution in [2.75, 3.05) is 18.4 Å². The second-order valence-corrected chi connectivity index (χ2v) is 4.50. The molecular weight excluding hydrogens is 188 g/mol. The SMILES string of the molecule is CC1CC(CNc2ccn(C)n2)CCN1. The lowest BCUT2D eigenvalue weighted by atomic mass is 9.93. The molecule has 2 N–H and O–H groups in total. The van der Waals surface area contributed by atoms with Crippen LogP contribution in [0.4, 0.5) is 5.82 Å². The van der Waals surface area contributed by atoms with Crippen molar-refractivity contribution in [1.82, 2.24) is 15.1 Å². The third kappa shape index (κ3) is 2.96. The smallest absolute Gasteiger partial charge is 0.147 e. The first-order valence-corrected chi connectivity index (χ1v) is 5.71. The van der Waals surface area contributed by atoms with Gasteiger partial charge in [-0.15, -0.1) is 0 Å². The number of rotatable bonds is 3. The minimum absolute atomic E-state index is 0.661. The summed E-state index contributed by atoms with van der Waals surface area (Å²) in [4.78, 5) is 0. The zero-order valence-corrected chi connectivity index (χ0v) is 9.53. The second-order valence-electron chi connectivity index (χ2n) is 4.50. The van der Waals surface area contributed by atoms with Crippen molar-refractivity contribution >= 4 is 5.82 Å². The van der Waals surface area contributed by atoms with Crippen LogP contribution in [0.2, 0.25) is 0 Å². The molecule has 1 fully saturated rings. The maximum Gasteiger partial charge on any atom is 0.147 e. The summed E-state index contributed by atoms with van der Waals surface area (Å²) in [5.41, 5.74) is 0. The highest BCUT2D eigenvalue weighted by molar-refractivity contribution is 5.31. The molecule has 2 heterocycles. The number of aromatic nitrogens is 2. The van der Waals surface area contributed by atoms with Crippen LogP contribution in [0.15, 0.2) is 12.3 Å². The number of hydrogen-bond donors (Lipinski definition) is 2. The van der Waals surface area contributed by atoms with E-state index in [-0.39, 0.29) is 0 Å². The number of hydrogen-bond acceptors (Lipinski definition) is 3. The van der Waals surface area contributed by atoms with Crippen molar-refractivity contribution in [1.29, 1.82) is 0 Å². The van der Waals surface area contributed by atoms with Crippen molar-refractivity contribution in [2.24, 2.45) is 13.0 Å². The van der Waals surface area contributed by atoms with Gasteiger partial charge in [-0.1, -0.05) is 0 Å².